The molecule has 0 bridgehead atoms. The fourth-order valence-corrected chi connectivity index (χ4v) is 6.73. The summed E-state index contributed by atoms with van der Waals surface area (Å²) in [6.45, 7) is 7.14. The van der Waals surface area contributed by atoms with E-state index in [0.29, 0.717) is 35.3 Å². The second-order valence-electron chi connectivity index (χ2n) is 9.01. The highest BCUT2D eigenvalue weighted by Gasteiger charge is 2.59. The number of rotatable bonds is 0. The maximum absolute atomic E-state index is 10.4. The maximum Gasteiger partial charge on any atom is 0.0944 e. The van der Waals surface area contributed by atoms with Crippen molar-refractivity contribution in [2.45, 2.75) is 59.0 Å². The molecule has 0 amide bonds. The van der Waals surface area contributed by atoms with Crippen LogP contribution in [0.5, 0.6) is 0 Å². The number of fused-ring (bicyclic) bond motifs is 5. The third-order valence-corrected chi connectivity index (χ3v) is 8.07. The van der Waals surface area contributed by atoms with Crippen LogP contribution < -0.4 is 0 Å². The van der Waals surface area contributed by atoms with Crippen molar-refractivity contribution < 1.29 is 10.2 Å². The smallest absolute Gasteiger partial charge is 0.0944 e. The van der Waals surface area contributed by atoms with Crippen LogP contribution >= 0.6 is 0 Å². The van der Waals surface area contributed by atoms with E-state index in [1.54, 1.807) is 0 Å². The first kappa shape index (κ1) is 14.8. The molecule has 4 aliphatic carbocycles. The Morgan fingerprint density at radius 1 is 1.18 bits per heavy atom. The van der Waals surface area contributed by atoms with Gasteiger partial charge in [-0.25, -0.2) is 0 Å². The van der Waals surface area contributed by atoms with Gasteiger partial charge in [-0.1, -0.05) is 32.9 Å². The minimum Gasteiger partial charge on any atom is -0.512 e. The minimum atomic E-state index is -0.243. The van der Waals surface area contributed by atoms with E-state index in [0.717, 1.165) is 19.3 Å². The van der Waals surface area contributed by atoms with E-state index in [4.69, 9.17) is 0 Å². The Labute approximate surface area is 134 Å². The average Bonchev–Trinajstić information content (AvgIpc) is 2.77. The van der Waals surface area contributed by atoms with Crippen LogP contribution in [0.4, 0.5) is 0 Å². The van der Waals surface area contributed by atoms with Crippen molar-refractivity contribution in [2.75, 3.05) is 0 Å². The van der Waals surface area contributed by atoms with Crippen molar-refractivity contribution in [2.24, 2.45) is 40.4 Å². The standard InChI is InChI=1S/C20H30O2/c1-12-10-13-11-14(21)6-8-19(13,2)16-7-9-20(3)15(18(12)16)4-5-17(20)22/h5-6,8,12-16,18,21-22H,4,7,9-11H2,1-3H3/t12-,13?,14-,15-,16-,18-,19-,20-/m0/s1. The van der Waals surface area contributed by atoms with Crippen molar-refractivity contribution in [3.63, 3.8) is 0 Å². The molecule has 0 saturated heterocycles. The molecule has 0 aromatic heterocycles. The van der Waals surface area contributed by atoms with Gasteiger partial charge in [0.05, 0.1) is 11.9 Å². The topological polar surface area (TPSA) is 40.5 Å². The van der Waals surface area contributed by atoms with Crippen molar-refractivity contribution in [3.8, 4) is 0 Å². The predicted molar refractivity (Wildman–Crippen MR) is 88.3 cm³/mol. The lowest BCUT2D eigenvalue weighted by Crippen LogP contribution is -2.55. The third kappa shape index (κ3) is 1.76. The van der Waals surface area contributed by atoms with Crippen LogP contribution in [0.2, 0.25) is 0 Å². The molecule has 2 saturated carbocycles. The Balaban J connectivity index is 1.72. The minimum absolute atomic E-state index is 0.0243. The van der Waals surface area contributed by atoms with Crippen LogP contribution in [-0.4, -0.2) is 16.3 Å². The highest BCUT2D eigenvalue weighted by molar-refractivity contribution is 5.23. The second kappa shape index (κ2) is 4.63. The monoisotopic (exact) mass is 302 g/mol. The number of hydrogen-bond donors (Lipinski definition) is 2. The number of allylic oxidation sites excluding steroid dienone is 3. The molecule has 0 radical (unpaired) electrons. The van der Waals surface area contributed by atoms with E-state index >= 15 is 0 Å². The van der Waals surface area contributed by atoms with Crippen molar-refractivity contribution >= 4 is 0 Å². The lowest BCUT2D eigenvalue weighted by Gasteiger charge is -2.60. The van der Waals surface area contributed by atoms with E-state index in [2.05, 4.69) is 32.9 Å². The molecule has 4 aliphatic rings. The summed E-state index contributed by atoms with van der Waals surface area (Å²) in [7, 11) is 0. The molecule has 2 fully saturated rings. The van der Waals surface area contributed by atoms with Gasteiger partial charge in [0.2, 0.25) is 0 Å². The Hall–Kier alpha value is -0.760. The summed E-state index contributed by atoms with van der Waals surface area (Å²) in [5.74, 6) is 4.01. The van der Waals surface area contributed by atoms with Crippen molar-refractivity contribution in [1.82, 2.24) is 0 Å². The van der Waals surface area contributed by atoms with Gasteiger partial charge in [-0.05, 0) is 73.2 Å². The fraction of sp³-hybridized carbons (Fsp3) is 0.800. The summed E-state index contributed by atoms with van der Waals surface area (Å²) in [6.07, 6.45) is 11.8. The van der Waals surface area contributed by atoms with E-state index in [9.17, 15) is 10.2 Å². The molecule has 0 aromatic rings. The van der Waals surface area contributed by atoms with Crippen molar-refractivity contribution in [3.05, 3.63) is 24.0 Å². The van der Waals surface area contributed by atoms with Gasteiger partial charge in [-0.15, -0.1) is 0 Å². The maximum atomic E-state index is 10.4. The molecule has 2 nitrogen and oxygen atoms in total. The summed E-state index contributed by atoms with van der Waals surface area (Å²) in [5.41, 5.74) is 0.270. The van der Waals surface area contributed by atoms with Gasteiger partial charge in [-0.3, -0.25) is 0 Å². The lowest BCUT2D eigenvalue weighted by atomic mass is 9.44. The van der Waals surface area contributed by atoms with Crippen LogP contribution in [0.15, 0.2) is 24.0 Å². The quantitative estimate of drug-likeness (QED) is 0.648. The second-order valence-corrected chi connectivity index (χ2v) is 9.01. The molecule has 0 heterocycles. The Bertz CT molecular complexity index is 536. The van der Waals surface area contributed by atoms with E-state index in [1.165, 1.54) is 12.8 Å². The normalized spacial score (nSPS) is 56.8. The number of aliphatic hydroxyl groups is 2. The van der Waals surface area contributed by atoms with Gasteiger partial charge in [-0.2, -0.15) is 0 Å². The zero-order valence-corrected chi connectivity index (χ0v) is 14.1. The molecule has 1 unspecified atom stereocenters. The van der Waals surface area contributed by atoms with Gasteiger partial charge in [0, 0.05) is 5.41 Å². The van der Waals surface area contributed by atoms with Crippen LogP contribution in [0.1, 0.15) is 52.9 Å². The van der Waals surface area contributed by atoms with E-state index < -0.39 is 0 Å². The molecule has 22 heavy (non-hydrogen) atoms. The van der Waals surface area contributed by atoms with Gasteiger partial charge in [0.1, 0.15) is 0 Å². The van der Waals surface area contributed by atoms with E-state index in [1.807, 2.05) is 6.08 Å². The Morgan fingerprint density at radius 2 is 1.95 bits per heavy atom. The molecule has 0 spiro atoms. The molecule has 8 atom stereocenters. The predicted octanol–water partition coefficient (Wildman–Crippen LogP) is 4.46. The summed E-state index contributed by atoms with van der Waals surface area (Å²) in [4.78, 5) is 0. The number of hydrogen-bond acceptors (Lipinski definition) is 2. The molecule has 0 aliphatic heterocycles. The lowest BCUT2D eigenvalue weighted by molar-refractivity contribution is -0.104. The van der Waals surface area contributed by atoms with Gasteiger partial charge < -0.3 is 10.2 Å². The van der Waals surface area contributed by atoms with E-state index in [-0.39, 0.29) is 16.9 Å². The van der Waals surface area contributed by atoms with Crippen LogP contribution in [0, 0.1) is 40.4 Å². The molecule has 0 aromatic carbocycles. The zero-order valence-electron chi connectivity index (χ0n) is 14.1. The molecule has 2 N–H and O–H groups in total. The largest absolute Gasteiger partial charge is 0.512 e. The summed E-state index contributed by atoms with van der Waals surface area (Å²) >= 11 is 0. The first-order chi connectivity index (χ1) is 10.4. The first-order valence-electron chi connectivity index (χ1n) is 9.13. The SMILES string of the molecule is C[C@H]1CC2C[C@@H](O)C=C[C@]2(C)[C@H]2CC[C@]3(C)C(O)=CC[C@H]3[C@H]12. The van der Waals surface area contributed by atoms with Crippen LogP contribution in [-0.2, 0) is 0 Å². The highest BCUT2D eigenvalue weighted by atomic mass is 16.3. The summed E-state index contributed by atoms with van der Waals surface area (Å²) in [6, 6.07) is 0. The van der Waals surface area contributed by atoms with Crippen molar-refractivity contribution in [1.29, 1.82) is 0 Å². The average molecular weight is 302 g/mol. The summed E-state index contributed by atoms with van der Waals surface area (Å²) < 4.78 is 0. The molecule has 122 valence electrons. The molecular weight excluding hydrogens is 272 g/mol. The zero-order chi connectivity index (χ0) is 15.7. The van der Waals surface area contributed by atoms with Crippen LogP contribution in [0.25, 0.3) is 0 Å². The van der Waals surface area contributed by atoms with Gasteiger partial charge in [0.25, 0.3) is 0 Å². The first-order valence-corrected chi connectivity index (χ1v) is 9.13. The Kier molecular flexibility index (Phi) is 3.11. The fourth-order valence-electron chi connectivity index (χ4n) is 6.73. The van der Waals surface area contributed by atoms with Gasteiger partial charge >= 0.3 is 0 Å². The molecule has 2 heteroatoms. The van der Waals surface area contributed by atoms with Crippen LogP contribution in [0.3, 0.4) is 0 Å². The summed E-state index contributed by atoms with van der Waals surface area (Å²) in [5, 5.41) is 20.4. The van der Waals surface area contributed by atoms with Gasteiger partial charge in [0.15, 0.2) is 0 Å². The number of aliphatic hydroxyl groups excluding tert-OH is 2. The Morgan fingerprint density at radius 3 is 2.73 bits per heavy atom. The third-order valence-electron chi connectivity index (χ3n) is 8.07. The molecule has 4 rings (SSSR count). The molecular formula is C20H30O2. The highest BCUT2D eigenvalue weighted by Crippen LogP contribution is 2.66.